The first-order valence-electron chi connectivity index (χ1n) is 5.85. The molecule has 1 aromatic carbocycles. The van der Waals surface area contributed by atoms with Gasteiger partial charge in [0.05, 0.1) is 5.54 Å². The third kappa shape index (κ3) is 4.16. The number of halogens is 2. The van der Waals surface area contributed by atoms with E-state index in [1.807, 2.05) is 13.8 Å². The van der Waals surface area contributed by atoms with Gasteiger partial charge in [-0.3, -0.25) is 4.79 Å². The minimum absolute atomic E-state index is 0. The Morgan fingerprint density at radius 3 is 2.44 bits per heavy atom. The molecule has 0 aromatic heterocycles. The number of amides is 1. The number of carbonyl (C=O) groups is 1. The summed E-state index contributed by atoms with van der Waals surface area (Å²) in [6.07, 6.45) is 1.62. The van der Waals surface area contributed by atoms with Gasteiger partial charge in [-0.15, -0.1) is 12.4 Å². The van der Waals surface area contributed by atoms with Gasteiger partial charge in [0, 0.05) is 17.1 Å². The maximum Gasteiger partial charge on any atom is 0.251 e. The summed E-state index contributed by atoms with van der Waals surface area (Å²) in [6.45, 7) is 4.48. The molecular weight excluding hydrogens is 271 g/mol. The van der Waals surface area contributed by atoms with Gasteiger partial charge in [0.15, 0.2) is 0 Å². The lowest BCUT2D eigenvalue weighted by atomic mass is 9.92. The zero-order valence-electron chi connectivity index (χ0n) is 10.7. The maximum absolute atomic E-state index is 12.1. The second-order valence-corrected chi connectivity index (χ2v) is 4.59. The third-order valence-corrected chi connectivity index (χ3v) is 3.44. The summed E-state index contributed by atoms with van der Waals surface area (Å²) in [4.78, 5) is 12.1. The Morgan fingerprint density at radius 1 is 1.39 bits per heavy atom. The zero-order valence-corrected chi connectivity index (χ0v) is 12.3. The van der Waals surface area contributed by atoms with Crippen LogP contribution in [-0.4, -0.2) is 18.0 Å². The van der Waals surface area contributed by atoms with E-state index in [0.29, 0.717) is 17.1 Å². The number of carbonyl (C=O) groups excluding carboxylic acids is 1. The first-order valence-corrected chi connectivity index (χ1v) is 6.23. The van der Waals surface area contributed by atoms with Crippen LogP contribution in [0, 0.1) is 0 Å². The molecule has 0 heterocycles. The van der Waals surface area contributed by atoms with Crippen molar-refractivity contribution in [3.05, 3.63) is 34.9 Å². The van der Waals surface area contributed by atoms with Crippen LogP contribution in [0.2, 0.25) is 5.02 Å². The normalized spacial score (nSPS) is 10.7. The highest BCUT2D eigenvalue weighted by molar-refractivity contribution is 6.30. The largest absolute Gasteiger partial charge is 0.345 e. The number of benzene rings is 1. The predicted octanol–water partition coefficient (Wildman–Crippen LogP) is 3.01. The molecule has 0 saturated heterocycles. The highest BCUT2D eigenvalue weighted by Gasteiger charge is 2.26. The molecule has 5 heteroatoms. The average Bonchev–Trinajstić information content (AvgIpc) is 2.36. The van der Waals surface area contributed by atoms with E-state index in [1.165, 1.54) is 0 Å². The van der Waals surface area contributed by atoms with Gasteiger partial charge >= 0.3 is 0 Å². The quantitative estimate of drug-likeness (QED) is 0.876. The summed E-state index contributed by atoms with van der Waals surface area (Å²) in [5.74, 6) is -0.123. The first kappa shape index (κ1) is 17.2. The lowest BCUT2D eigenvalue weighted by Gasteiger charge is -2.31. The van der Waals surface area contributed by atoms with E-state index >= 15 is 0 Å². The SMILES string of the molecule is CCC(CC)(CN)NC(=O)c1cccc(Cl)c1.Cl. The van der Waals surface area contributed by atoms with Crippen LogP contribution in [-0.2, 0) is 0 Å². The summed E-state index contributed by atoms with van der Waals surface area (Å²) in [5, 5.41) is 3.56. The van der Waals surface area contributed by atoms with Crippen molar-refractivity contribution in [3.8, 4) is 0 Å². The van der Waals surface area contributed by atoms with E-state index in [0.717, 1.165) is 12.8 Å². The Labute approximate surface area is 119 Å². The minimum Gasteiger partial charge on any atom is -0.345 e. The van der Waals surface area contributed by atoms with Gasteiger partial charge in [0.1, 0.15) is 0 Å². The summed E-state index contributed by atoms with van der Waals surface area (Å²) >= 11 is 5.86. The van der Waals surface area contributed by atoms with Crippen molar-refractivity contribution in [2.45, 2.75) is 32.2 Å². The van der Waals surface area contributed by atoms with Crippen molar-refractivity contribution in [1.82, 2.24) is 5.32 Å². The molecule has 1 amide bonds. The van der Waals surface area contributed by atoms with E-state index in [1.54, 1.807) is 24.3 Å². The topological polar surface area (TPSA) is 55.1 Å². The molecule has 1 rings (SSSR count). The van der Waals surface area contributed by atoms with Gasteiger partial charge in [-0.2, -0.15) is 0 Å². The summed E-state index contributed by atoms with van der Waals surface area (Å²) in [6, 6.07) is 6.91. The van der Waals surface area contributed by atoms with Crippen molar-refractivity contribution >= 4 is 29.9 Å². The van der Waals surface area contributed by atoms with Gasteiger partial charge in [0.25, 0.3) is 5.91 Å². The van der Waals surface area contributed by atoms with Gasteiger partial charge in [0.2, 0.25) is 0 Å². The molecule has 0 radical (unpaired) electrons. The summed E-state index contributed by atoms with van der Waals surface area (Å²) in [5.41, 5.74) is 5.99. The molecule has 0 aliphatic carbocycles. The van der Waals surface area contributed by atoms with Crippen LogP contribution in [0.1, 0.15) is 37.0 Å². The molecule has 0 saturated carbocycles. The molecule has 0 unspecified atom stereocenters. The van der Waals surface area contributed by atoms with Crippen molar-refractivity contribution in [3.63, 3.8) is 0 Å². The Bertz CT molecular complexity index is 384. The molecule has 0 atom stereocenters. The fourth-order valence-corrected chi connectivity index (χ4v) is 1.90. The summed E-state index contributed by atoms with van der Waals surface area (Å²) in [7, 11) is 0. The van der Waals surface area contributed by atoms with Crippen molar-refractivity contribution in [1.29, 1.82) is 0 Å². The summed E-state index contributed by atoms with van der Waals surface area (Å²) < 4.78 is 0. The predicted molar refractivity (Wildman–Crippen MR) is 78.5 cm³/mol. The minimum atomic E-state index is -0.320. The molecule has 0 fully saturated rings. The number of hydrogen-bond acceptors (Lipinski definition) is 2. The second-order valence-electron chi connectivity index (χ2n) is 4.16. The van der Waals surface area contributed by atoms with Crippen LogP contribution in [0.4, 0.5) is 0 Å². The lowest BCUT2D eigenvalue weighted by molar-refractivity contribution is 0.0895. The number of nitrogens with one attached hydrogen (secondary N) is 1. The Morgan fingerprint density at radius 2 is 2.00 bits per heavy atom. The molecule has 0 aliphatic heterocycles. The van der Waals surface area contributed by atoms with Crippen LogP contribution in [0.5, 0.6) is 0 Å². The third-order valence-electron chi connectivity index (χ3n) is 3.21. The first-order chi connectivity index (χ1) is 8.06. The fourth-order valence-electron chi connectivity index (χ4n) is 1.71. The molecular formula is C13H20Cl2N2O. The van der Waals surface area contributed by atoms with Crippen LogP contribution in [0.25, 0.3) is 0 Å². The van der Waals surface area contributed by atoms with Gasteiger partial charge in [-0.1, -0.05) is 31.5 Å². The average molecular weight is 291 g/mol. The standard InChI is InChI=1S/C13H19ClN2O.ClH/c1-3-13(4-2,9-15)16-12(17)10-6-5-7-11(14)8-10;/h5-8H,3-4,9,15H2,1-2H3,(H,16,17);1H. The molecule has 102 valence electrons. The van der Waals surface area contributed by atoms with Gasteiger partial charge in [-0.05, 0) is 31.0 Å². The molecule has 18 heavy (non-hydrogen) atoms. The maximum atomic E-state index is 12.1. The molecule has 0 spiro atoms. The molecule has 1 aromatic rings. The molecule has 3 nitrogen and oxygen atoms in total. The number of nitrogens with two attached hydrogens (primary N) is 1. The lowest BCUT2D eigenvalue weighted by Crippen LogP contribution is -2.52. The van der Waals surface area contributed by atoms with Crippen molar-refractivity contribution < 1.29 is 4.79 Å². The smallest absolute Gasteiger partial charge is 0.251 e. The van der Waals surface area contributed by atoms with Crippen LogP contribution < -0.4 is 11.1 Å². The van der Waals surface area contributed by atoms with E-state index in [-0.39, 0.29) is 23.9 Å². The second kappa shape index (κ2) is 7.62. The Balaban J connectivity index is 0.00000289. The van der Waals surface area contributed by atoms with E-state index in [4.69, 9.17) is 17.3 Å². The van der Waals surface area contributed by atoms with Crippen molar-refractivity contribution in [2.24, 2.45) is 5.73 Å². The van der Waals surface area contributed by atoms with Crippen LogP contribution in [0.3, 0.4) is 0 Å². The highest BCUT2D eigenvalue weighted by Crippen LogP contribution is 2.16. The number of rotatable bonds is 5. The molecule has 3 N–H and O–H groups in total. The highest BCUT2D eigenvalue weighted by atomic mass is 35.5. The van der Waals surface area contributed by atoms with E-state index in [9.17, 15) is 4.79 Å². The zero-order chi connectivity index (χ0) is 12.9. The molecule has 0 aliphatic rings. The van der Waals surface area contributed by atoms with Crippen LogP contribution in [0.15, 0.2) is 24.3 Å². The number of hydrogen-bond donors (Lipinski definition) is 2. The van der Waals surface area contributed by atoms with E-state index in [2.05, 4.69) is 5.32 Å². The van der Waals surface area contributed by atoms with E-state index < -0.39 is 0 Å². The van der Waals surface area contributed by atoms with Gasteiger partial charge < -0.3 is 11.1 Å². The fraction of sp³-hybridized carbons (Fsp3) is 0.462. The Hall–Kier alpha value is -0.770. The van der Waals surface area contributed by atoms with Crippen LogP contribution >= 0.6 is 24.0 Å². The van der Waals surface area contributed by atoms with Crippen molar-refractivity contribution in [2.75, 3.05) is 6.54 Å². The molecule has 0 bridgehead atoms. The Kier molecular flexibility index (Phi) is 7.29. The van der Waals surface area contributed by atoms with Gasteiger partial charge in [-0.25, -0.2) is 0 Å². The monoisotopic (exact) mass is 290 g/mol.